The maximum absolute atomic E-state index is 12.2. The highest BCUT2D eigenvalue weighted by molar-refractivity contribution is 5.76. The van der Waals surface area contributed by atoms with Crippen LogP contribution in [0.5, 0.6) is 0 Å². The van der Waals surface area contributed by atoms with Gasteiger partial charge in [-0.15, -0.1) is 0 Å². The minimum atomic E-state index is -0.210. The van der Waals surface area contributed by atoms with Gasteiger partial charge in [0.25, 0.3) is 0 Å². The zero-order chi connectivity index (χ0) is 22.3. The standard InChI is InChI=1S/C27H52O3/c1-4-6-8-10-12-14-16-18-20-22-26(24-25(3)28)30-27(29)23-21-19-17-15-13-11-9-7-5-2/h26H,4-24H2,1-3H3/t26-/m0/s1. The van der Waals surface area contributed by atoms with Gasteiger partial charge >= 0.3 is 5.97 Å². The van der Waals surface area contributed by atoms with Crippen LogP contribution in [0.25, 0.3) is 0 Å². The molecule has 0 aromatic carbocycles. The molecule has 3 heteroatoms. The summed E-state index contributed by atoms with van der Waals surface area (Å²) in [6, 6.07) is 0. The van der Waals surface area contributed by atoms with Crippen LogP contribution in [0.3, 0.4) is 0 Å². The van der Waals surface area contributed by atoms with Crippen molar-refractivity contribution in [2.45, 2.75) is 162 Å². The van der Waals surface area contributed by atoms with Gasteiger partial charge in [-0.25, -0.2) is 0 Å². The highest BCUT2D eigenvalue weighted by Gasteiger charge is 2.16. The SMILES string of the molecule is CCCCCCCCCCCC(=O)O[C@@H](CCCCCCCCCCC)CC(C)=O. The number of hydrogen-bond donors (Lipinski definition) is 0. The maximum atomic E-state index is 12.2. The molecule has 0 saturated carbocycles. The highest BCUT2D eigenvalue weighted by atomic mass is 16.5. The Hall–Kier alpha value is -0.860. The van der Waals surface area contributed by atoms with E-state index in [0.717, 1.165) is 25.7 Å². The summed E-state index contributed by atoms with van der Waals surface area (Å²) in [5, 5.41) is 0. The van der Waals surface area contributed by atoms with Crippen molar-refractivity contribution in [3.8, 4) is 0 Å². The summed E-state index contributed by atoms with van der Waals surface area (Å²) in [4.78, 5) is 23.7. The van der Waals surface area contributed by atoms with E-state index in [2.05, 4.69) is 13.8 Å². The third-order valence-electron chi connectivity index (χ3n) is 5.93. The molecule has 0 amide bonds. The second-order valence-electron chi connectivity index (χ2n) is 9.21. The zero-order valence-corrected chi connectivity index (χ0v) is 20.7. The number of carbonyl (C=O) groups excluding carboxylic acids is 2. The van der Waals surface area contributed by atoms with E-state index >= 15 is 0 Å². The van der Waals surface area contributed by atoms with Crippen molar-refractivity contribution in [3.63, 3.8) is 0 Å². The van der Waals surface area contributed by atoms with Crippen LogP contribution in [-0.4, -0.2) is 17.9 Å². The van der Waals surface area contributed by atoms with Crippen molar-refractivity contribution < 1.29 is 14.3 Å². The molecule has 0 aliphatic rings. The minimum absolute atomic E-state index is 0.111. The molecule has 0 fully saturated rings. The first kappa shape index (κ1) is 29.1. The fraction of sp³-hybridized carbons (Fsp3) is 0.926. The van der Waals surface area contributed by atoms with Crippen molar-refractivity contribution in [2.24, 2.45) is 0 Å². The number of ether oxygens (including phenoxy) is 1. The monoisotopic (exact) mass is 424 g/mol. The number of Topliss-reactive ketones (excluding diaryl/α,β-unsaturated/α-hetero) is 1. The Bertz CT molecular complexity index is 392. The van der Waals surface area contributed by atoms with E-state index in [1.54, 1.807) is 6.92 Å². The van der Waals surface area contributed by atoms with Gasteiger partial charge in [-0.05, 0) is 26.2 Å². The summed E-state index contributed by atoms with van der Waals surface area (Å²) in [5.41, 5.74) is 0. The molecule has 3 nitrogen and oxygen atoms in total. The fourth-order valence-corrected chi connectivity index (χ4v) is 4.03. The van der Waals surface area contributed by atoms with Gasteiger partial charge in [-0.2, -0.15) is 0 Å². The first-order valence-corrected chi connectivity index (χ1v) is 13.3. The van der Waals surface area contributed by atoms with Gasteiger partial charge in [0.2, 0.25) is 0 Å². The number of carbonyl (C=O) groups is 2. The van der Waals surface area contributed by atoms with E-state index in [-0.39, 0.29) is 17.9 Å². The molecule has 0 heterocycles. The third-order valence-corrected chi connectivity index (χ3v) is 5.93. The number of ketones is 1. The van der Waals surface area contributed by atoms with Crippen LogP contribution in [0.2, 0.25) is 0 Å². The second kappa shape index (κ2) is 22.8. The van der Waals surface area contributed by atoms with E-state index < -0.39 is 0 Å². The average Bonchev–Trinajstić information content (AvgIpc) is 2.70. The van der Waals surface area contributed by atoms with Gasteiger partial charge in [0.1, 0.15) is 11.9 Å². The van der Waals surface area contributed by atoms with Gasteiger partial charge < -0.3 is 4.74 Å². The van der Waals surface area contributed by atoms with E-state index in [1.807, 2.05) is 0 Å². The maximum Gasteiger partial charge on any atom is 0.306 e. The molecule has 0 unspecified atom stereocenters. The predicted octanol–water partition coefficient (Wildman–Crippen LogP) is 8.72. The summed E-state index contributed by atoms with van der Waals surface area (Å²) in [5.74, 6) is 0.00640. The van der Waals surface area contributed by atoms with Gasteiger partial charge in [-0.1, -0.05) is 117 Å². The topological polar surface area (TPSA) is 43.4 Å². The lowest BCUT2D eigenvalue weighted by Crippen LogP contribution is -2.20. The van der Waals surface area contributed by atoms with E-state index in [4.69, 9.17) is 4.74 Å². The molecule has 178 valence electrons. The smallest absolute Gasteiger partial charge is 0.306 e. The number of esters is 1. The van der Waals surface area contributed by atoms with Crippen LogP contribution in [0.1, 0.15) is 156 Å². The molecule has 0 N–H and O–H groups in total. The average molecular weight is 425 g/mol. The quantitative estimate of drug-likeness (QED) is 0.122. The minimum Gasteiger partial charge on any atom is -0.462 e. The van der Waals surface area contributed by atoms with Crippen LogP contribution in [-0.2, 0) is 14.3 Å². The second-order valence-corrected chi connectivity index (χ2v) is 9.21. The number of rotatable bonds is 23. The van der Waals surface area contributed by atoms with Crippen LogP contribution < -0.4 is 0 Å². The molecule has 0 saturated heterocycles. The van der Waals surface area contributed by atoms with Gasteiger partial charge in [0.15, 0.2) is 0 Å². The normalized spacial score (nSPS) is 12.1. The number of unbranched alkanes of at least 4 members (excludes halogenated alkanes) is 16. The van der Waals surface area contributed by atoms with Gasteiger partial charge in [-0.3, -0.25) is 9.59 Å². The summed E-state index contributed by atoms with van der Waals surface area (Å²) in [7, 11) is 0. The Kier molecular flexibility index (Phi) is 22.2. The van der Waals surface area contributed by atoms with Crippen LogP contribution >= 0.6 is 0 Å². The predicted molar refractivity (Wildman–Crippen MR) is 129 cm³/mol. The molecule has 0 aliphatic heterocycles. The molecule has 1 atom stereocenters. The van der Waals surface area contributed by atoms with Crippen molar-refractivity contribution in [2.75, 3.05) is 0 Å². The third kappa shape index (κ3) is 21.8. The largest absolute Gasteiger partial charge is 0.462 e. The molecule has 0 radical (unpaired) electrons. The Morgan fingerprint density at radius 2 is 1.00 bits per heavy atom. The lowest BCUT2D eigenvalue weighted by molar-refractivity contribution is -0.150. The summed E-state index contributed by atoms with van der Waals surface area (Å²) in [6.45, 7) is 6.09. The Labute approximate surface area is 188 Å². The Morgan fingerprint density at radius 3 is 1.43 bits per heavy atom. The van der Waals surface area contributed by atoms with Crippen molar-refractivity contribution in [1.82, 2.24) is 0 Å². The van der Waals surface area contributed by atoms with Crippen LogP contribution in [0.4, 0.5) is 0 Å². The Morgan fingerprint density at radius 1 is 0.600 bits per heavy atom. The lowest BCUT2D eigenvalue weighted by Gasteiger charge is -2.17. The van der Waals surface area contributed by atoms with E-state index in [0.29, 0.717) is 12.8 Å². The highest BCUT2D eigenvalue weighted by Crippen LogP contribution is 2.16. The lowest BCUT2D eigenvalue weighted by atomic mass is 10.0. The summed E-state index contributed by atoms with van der Waals surface area (Å²) < 4.78 is 5.65. The molecular formula is C27H52O3. The summed E-state index contributed by atoms with van der Waals surface area (Å²) >= 11 is 0. The van der Waals surface area contributed by atoms with Crippen LogP contribution in [0.15, 0.2) is 0 Å². The summed E-state index contributed by atoms with van der Waals surface area (Å²) in [6.07, 6.45) is 24.2. The molecule has 30 heavy (non-hydrogen) atoms. The first-order valence-electron chi connectivity index (χ1n) is 13.3. The van der Waals surface area contributed by atoms with Crippen molar-refractivity contribution in [3.05, 3.63) is 0 Å². The van der Waals surface area contributed by atoms with Crippen molar-refractivity contribution in [1.29, 1.82) is 0 Å². The van der Waals surface area contributed by atoms with Gasteiger partial charge in [0, 0.05) is 12.8 Å². The zero-order valence-electron chi connectivity index (χ0n) is 20.7. The first-order chi connectivity index (χ1) is 14.6. The molecule has 0 rings (SSSR count). The Balaban J connectivity index is 3.75. The van der Waals surface area contributed by atoms with E-state index in [1.165, 1.54) is 96.3 Å². The van der Waals surface area contributed by atoms with E-state index in [9.17, 15) is 9.59 Å². The fourth-order valence-electron chi connectivity index (χ4n) is 4.03. The molecule has 0 aromatic heterocycles. The van der Waals surface area contributed by atoms with Crippen molar-refractivity contribution >= 4 is 11.8 Å². The molecule has 0 spiro atoms. The van der Waals surface area contributed by atoms with Crippen LogP contribution in [0, 0.1) is 0 Å². The molecule has 0 aromatic rings. The molecular weight excluding hydrogens is 372 g/mol. The number of hydrogen-bond acceptors (Lipinski definition) is 3. The van der Waals surface area contributed by atoms with Gasteiger partial charge in [0.05, 0.1) is 0 Å². The molecule has 0 bridgehead atoms. The molecule has 0 aliphatic carbocycles.